The Labute approximate surface area is 150 Å². The molecular formula is C20H31N3O2. The Bertz CT molecular complexity index is 601. The highest BCUT2D eigenvalue weighted by molar-refractivity contribution is 6.04. The third kappa shape index (κ3) is 5.30. The van der Waals surface area contributed by atoms with Crippen LogP contribution in [0.5, 0.6) is 0 Å². The summed E-state index contributed by atoms with van der Waals surface area (Å²) in [6, 6.07) is 7.11. The van der Waals surface area contributed by atoms with Crippen LogP contribution in [0.3, 0.4) is 0 Å². The number of hydrogen-bond donors (Lipinski definition) is 3. The zero-order valence-electron chi connectivity index (χ0n) is 15.6. The maximum atomic E-state index is 12.8. The maximum Gasteiger partial charge on any atom is 0.253 e. The summed E-state index contributed by atoms with van der Waals surface area (Å²) in [6.45, 7) is 5.97. The highest BCUT2D eigenvalue weighted by Crippen LogP contribution is 2.27. The van der Waals surface area contributed by atoms with E-state index in [1.165, 1.54) is 19.3 Å². The van der Waals surface area contributed by atoms with Crippen molar-refractivity contribution < 1.29 is 9.59 Å². The second-order valence-corrected chi connectivity index (χ2v) is 7.96. The molecule has 1 unspecified atom stereocenters. The highest BCUT2D eigenvalue weighted by Gasteiger charge is 2.26. The molecule has 2 amide bonds. The Morgan fingerprint density at radius 1 is 1.16 bits per heavy atom. The third-order valence-electron chi connectivity index (χ3n) is 4.89. The lowest BCUT2D eigenvalue weighted by atomic mass is 9.84. The fraction of sp³-hybridized carbons (Fsp3) is 0.600. The Balaban J connectivity index is 2.11. The fourth-order valence-corrected chi connectivity index (χ4v) is 3.25. The van der Waals surface area contributed by atoms with Gasteiger partial charge in [-0.2, -0.15) is 0 Å². The van der Waals surface area contributed by atoms with Crippen LogP contribution in [0.1, 0.15) is 63.2 Å². The Morgan fingerprint density at radius 2 is 1.80 bits per heavy atom. The summed E-state index contributed by atoms with van der Waals surface area (Å²) < 4.78 is 0. The van der Waals surface area contributed by atoms with Crippen LogP contribution in [0.25, 0.3) is 0 Å². The summed E-state index contributed by atoms with van der Waals surface area (Å²) in [5.74, 6) is 0.153. The van der Waals surface area contributed by atoms with E-state index in [4.69, 9.17) is 5.73 Å². The fourth-order valence-electron chi connectivity index (χ4n) is 3.25. The molecule has 0 heterocycles. The molecule has 1 atom stereocenters. The molecular weight excluding hydrogens is 314 g/mol. The standard InChI is InChI=1S/C20H31N3O2/c1-20(2,3)19(25)23-16-12-8-7-11-15(16)18(24)22-17(13-21)14-9-5-4-6-10-14/h7-8,11-12,14,17H,4-6,9-10,13,21H2,1-3H3,(H,22,24)(H,23,25). The van der Waals surface area contributed by atoms with Gasteiger partial charge in [-0.3, -0.25) is 9.59 Å². The lowest BCUT2D eigenvalue weighted by Crippen LogP contribution is -2.46. The van der Waals surface area contributed by atoms with Gasteiger partial charge in [-0.25, -0.2) is 0 Å². The molecule has 1 saturated carbocycles. The van der Waals surface area contributed by atoms with Crippen LogP contribution in [0.15, 0.2) is 24.3 Å². The van der Waals surface area contributed by atoms with Gasteiger partial charge in [0.15, 0.2) is 0 Å². The van der Waals surface area contributed by atoms with E-state index in [0.29, 0.717) is 23.7 Å². The summed E-state index contributed by atoms with van der Waals surface area (Å²) in [5.41, 5.74) is 6.42. The van der Waals surface area contributed by atoms with Crippen LogP contribution >= 0.6 is 0 Å². The molecule has 25 heavy (non-hydrogen) atoms. The molecule has 1 aliphatic rings. The molecule has 5 heteroatoms. The predicted octanol–water partition coefficient (Wildman–Crippen LogP) is 3.31. The number of carbonyl (C=O) groups excluding carboxylic acids is 2. The van der Waals surface area contributed by atoms with Crippen molar-refractivity contribution in [2.75, 3.05) is 11.9 Å². The molecule has 1 fully saturated rings. The molecule has 5 nitrogen and oxygen atoms in total. The molecule has 0 radical (unpaired) electrons. The van der Waals surface area contributed by atoms with Crippen molar-refractivity contribution in [1.82, 2.24) is 5.32 Å². The van der Waals surface area contributed by atoms with Crippen molar-refractivity contribution in [2.45, 2.75) is 58.9 Å². The van der Waals surface area contributed by atoms with Crippen LogP contribution in [-0.4, -0.2) is 24.4 Å². The number of hydrogen-bond acceptors (Lipinski definition) is 3. The van der Waals surface area contributed by atoms with Gasteiger partial charge < -0.3 is 16.4 Å². The first-order chi connectivity index (χ1) is 11.8. The van der Waals surface area contributed by atoms with Crippen LogP contribution in [0.4, 0.5) is 5.69 Å². The molecule has 138 valence electrons. The van der Waals surface area contributed by atoms with Crippen molar-refractivity contribution in [3.8, 4) is 0 Å². The lowest BCUT2D eigenvalue weighted by Gasteiger charge is -2.30. The largest absolute Gasteiger partial charge is 0.348 e. The molecule has 1 aliphatic carbocycles. The number of benzene rings is 1. The molecule has 4 N–H and O–H groups in total. The number of amides is 2. The molecule has 1 aromatic rings. The first-order valence-corrected chi connectivity index (χ1v) is 9.24. The zero-order chi connectivity index (χ0) is 18.4. The maximum absolute atomic E-state index is 12.8. The monoisotopic (exact) mass is 345 g/mol. The summed E-state index contributed by atoms with van der Waals surface area (Å²) in [7, 11) is 0. The van der Waals surface area contributed by atoms with Crippen molar-refractivity contribution >= 4 is 17.5 Å². The quantitative estimate of drug-likeness (QED) is 0.765. The summed E-state index contributed by atoms with van der Waals surface area (Å²) in [4.78, 5) is 25.1. The SMILES string of the molecule is CC(C)(C)C(=O)Nc1ccccc1C(=O)NC(CN)C1CCCCC1. The Hall–Kier alpha value is -1.88. The van der Waals surface area contributed by atoms with Gasteiger partial charge in [-0.15, -0.1) is 0 Å². The molecule has 0 bridgehead atoms. The topological polar surface area (TPSA) is 84.2 Å². The first-order valence-electron chi connectivity index (χ1n) is 9.24. The zero-order valence-corrected chi connectivity index (χ0v) is 15.6. The summed E-state index contributed by atoms with van der Waals surface area (Å²) >= 11 is 0. The predicted molar refractivity (Wildman–Crippen MR) is 101 cm³/mol. The minimum Gasteiger partial charge on any atom is -0.348 e. The van der Waals surface area contributed by atoms with Crippen molar-refractivity contribution in [3.63, 3.8) is 0 Å². The van der Waals surface area contributed by atoms with Gasteiger partial charge >= 0.3 is 0 Å². The Kier molecular flexibility index (Phi) is 6.59. The molecule has 0 aliphatic heterocycles. The first kappa shape index (κ1) is 19.4. The van der Waals surface area contributed by atoms with Crippen LogP contribution in [-0.2, 0) is 4.79 Å². The summed E-state index contributed by atoms with van der Waals surface area (Å²) in [6.07, 6.45) is 5.91. The molecule has 1 aromatic carbocycles. The van der Waals surface area contributed by atoms with E-state index in [1.54, 1.807) is 18.2 Å². The number of carbonyl (C=O) groups is 2. The second-order valence-electron chi connectivity index (χ2n) is 7.96. The molecule has 2 rings (SSSR count). The van der Waals surface area contributed by atoms with Crippen molar-refractivity contribution in [2.24, 2.45) is 17.1 Å². The van der Waals surface area contributed by atoms with Gasteiger partial charge in [0.05, 0.1) is 11.3 Å². The third-order valence-corrected chi connectivity index (χ3v) is 4.89. The van der Waals surface area contributed by atoms with Gasteiger partial charge in [-0.1, -0.05) is 52.2 Å². The van der Waals surface area contributed by atoms with Gasteiger partial charge in [0.1, 0.15) is 0 Å². The molecule has 0 aromatic heterocycles. The minimum absolute atomic E-state index is 0.0147. The van der Waals surface area contributed by atoms with Crippen LogP contribution < -0.4 is 16.4 Å². The van der Waals surface area contributed by atoms with Gasteiger partial charge in [0, 0.05) is 18.0 Å². The van der Waals surface area contributed by atoms with Gasteiger partial charge in [0.2, 0.25) is 5.91 Å². The van der Waals surface area contributed by atoms with E-state index in [-0.39, 0.29) is 17.9 Å². The van der Waals surface area contributed by atoms with E-state index in [9.17, 15) is 9.59 Å². The highest BCUT2D eigenvalue weighted by atomic mass is 16.2. The van der Waals surface area contributed by atoms with E-state index >= 15 is 0 Å². The molecule has 0 spiro atoms. The average Bonchev–Trinajstić information content (AvgIpc) is 2.59. The van der Waals surface area contributed by atoms with Crippen molar-refractivity contribution in [1.29, 1.82) is 0 Å². The van der Waals surface area contributed by atoms with Gasteiger partial charge in [0.25, 0.3) is 5.91 Å². The number of nitrogens with one attached hydrogen (secondary N) is 2. The van der Waals surface area contributed by atoms with E-state index in [2.05, 4.69) is 10.6 Å². The summed E-state index contributed by atoms with van der Waals surface area (Å²) in [5, 5.41) is 5.96. The normalized spacial score (nSPS) is 17.0. The van der Waals surface area contributed by atoms with Crippen LogP contribution in [0, 0.1) is 11.3 Å². The van der Waals surface area contributed by atoms with E-state index < -0.39 is 5.41 Å². The molecule has 0 saturated heterocycles. The number of anilines is 1. The van der Waals surface area contributed by atoms with E-state index in [1.807, 2.05) is 26.8 Å². The number of rotatable bonds is 5. The van der Waals surface area contributed by atoms with Crippen LogP contribution in [0.2, 0.25) is 0 Å². The second kappa shape index (κ2) is 8.48. The number of para-hydroxylation sites is 1. The number of nitrogens with two attached hydrogens (primary N) is 1. The smallest absolute Gasteiger partial charge is 0.253 e. The van der Waals surface area contributed by atoms with E-state index in [0.717, 1.165) is 12.8 Å². The minimum atomic E-state index is -0.522. The average molecular weight is 345 g/mol. The van der Waals surface area contributed by atoms with Gasteiger partial charge in [-0.05, 0) is 30.9 Å². The van der Waals surface area contributed by atoms with Crippen molar-refractivity contribution in [3.05, 3.63) is 29.8 Å². The Morgan fingerprint density at radius 3 is 2.40 bits per heavy atom. The lowest BCUT2D eigenvalue weighted by molar-refractivity contribution is -0.123.